The van der Waals surface area contributed by atoms with E-state index in [-0.39, 0.29) is 12.0 Å². The Balaban J connectivity index is 1.52. The Labute approximate surface area is 148 Å². The van der Waals surface area contributed by atoms with Crippen molar-refractivity contribution in [1.82, 2.24) is 14.8 Å². The molecule has 1 fully saturated rings. The lowest BCUT2D eigenvalue weighted by atomic mass is 10.1. The van der Waals surface area contributed by atoms with Gasteiger partial charge >= 0.3 is 6.18 Å². The molecular formula is C16H22F3N3O2S. The van der Waals surface area contributed by atoms with E-state index in [2.05, 4.69) is 4.98 Å². The maximum atomic E-state index is 12.4. The van der Waals surface area contributed by atoms with Gasteiger partial charge in [-0.05, 0) is 12.8 Å². The molecular weight excluding hydrogens is 355 g/mol. The normalized spacial score (nSPS) is 19.8. The number of piperidine rings is 1. The number of likely N-dealkylation sites (tertiary alicyclic amines) is 1. The van der Waals surface area contributed by atoms with Crippen molar-refractivity contribution in [2.24, 2.45) is 0 Å². The highest BCUT2D eigenvalue weighted by Gasteiger charge is 2.33. The number of alkyl halides is 3. The number of fused-ring (bicyclic) bond motifs is 1. The van der Waals surface area contributed by atoms with Crippen LogP contribution in [0.1, 0.15) is 36.8 Å². The van der Waals surface area contributed by atoms with Gasteiger partial charge in [0.05, 0.1) is 18.8 Å². The van der Waals surface area contributed by atoms with Gasteiger partial charge in [0.25, 0.3) is 5.19 Å². The summed E-state index contributed by atoms with van der Waals surface area (Å²) in [6.07, 6.45) is -1.83. The summed E-state index contributed by atoms with van der Waals surface area (Å²) in [5.74, 6) is 0.123. The third-order valence-corrected chi connectivity index (χ3v) is 5.62. The highest BCUT2D eigenvalue weighted by molar-refractivity contribution is 7.13. The second kappa shape index (κ2) is 7.49. The number of aromatic nitrogens is 1. The van der Waals surface area contributed by atoms with Crippen LogP contribution in [-0.4, -0.2) is 59.2 Å². The predicted molar refractivity (Wildman–Crippen MR) is 87.7 cm³/mol. The third-order valence-electron chi connectivity index (χ3n) is 4.57. The number of hydrogen-bond donors (Lipinski definition) is 0. The minimum Gasteiger partial charge on any atom is -0.467 e. The number of amides is 1. The number of rotatable bonds is 4. The van der Waals surface area contributed by atoms with Crippen molar-refractivity contribution in [2.75, 3.05) is 26.2 Å². The lowest BCUT2D eigenvalue weighted by molar-refractivity contribution is -0.149. The van der Waals surface area contributed by atoms with Gasteiger partial charge in [-0.25, -0.2) is 4.98 Å². The standard InChI is InChI=1S/C16H22F3N3O2S/c1-2-14(23)22-8-5-13-12(9-22)20-15(25-13)24-11-3-6-21(7-4-11)10-16(17,18)19/h11H,2-10H2,1H3. The first-order valence-electron chi connectivity index (χ1n) is 8.56. The second-order valence-electron chi connectivity index (χ2n) is 6.48. The van der Waals surface area contributed by atoms with Crippen molar-refractivity contribution < 1.29 is 22.7 Å². The first kappa shape index (κ1) is 18.4. The van der Waals surface area contributed by atoms with E-state index < -0.39 is 12.7 Å². The fourth-order valence-corrected chi connectivity index (χ4v) is 4.22. The zero-order chi connectivity index (χ0) is 18.0. The van der Waals surface area contributed by atoms with Gasteiger partial charge in [0.2, 0.25) is 5.91 Å². The quantitative estimate of drug-likeness (QED) is 0.810. The molecule has 9 heteroatoms. The summed E-state index contributed by atoms with van der Waals surface area (Å²) < 4.78 is 43.2. The topological polar surface area (TPSA) is 45.7 Å². The Bertz CT molecular complexity index is 612. The first-order chi connectivity index (χ1) is 11.8. The largest absolute Gasteiger partial charge is 0.467 e. The summed E-state index contributed by atoms with van der Waals surface area (Å²) >= 11 is 1.50. The van der Waals surface area contributed by atoms with Gasteiger partial charge in [-0.1, -0.05) is 18.3 Å². The highest BCUT2D eigenvalue weighted by atomic mass is 32.1. The van der Waals surface area contributed by atoms with Crippen LogP contribution in [-0.2, 0) is 17.8 Å². The average Bonchev–Trinajstić information content (AvgIpc) is 2.96. The zero-order valence-corrected chi connectivity index (χ0v) is 15.0. The number of carbonyl (C=O) groups excluding carboxylic acids is 1. The Kier molecular flexibility index (Phi) is 5.52. The van der Waals surface area contributed by atoms with E-state index >= 15 is 0 Å². The van der Waals surface area contributed by atoms with Gasteiger partial charge in [0, 0.05) is 37.4 Å². The Hall–Kier alpha value is -1.35. The summed E-state index contributed by atoms with van der Waals surface area (Å²) in [4.78, 5) is 20.7. The molecule has 1 amide bonds. The molecule has 5 nitrogen and oxygen atoms in total. The van der Waals surface area contributed by atoms with Crippen molar-refractivity contribution in [3.63, 3.8) is 0 Å². The molecule has 1 aromatic heterocycles. The second-order valence-corrected chi connectivity index (χ2v) is 7.52. The molecule has 0 bridgehead atoms. The van der Waals surface area contributed by atoms with Crippen LogP contribution in [0.5, 0.6) is 5.19 Å². The number of halogens is 3. The van der Waals surface area contributed by atoms with Gasteiger partial charge in [-0.15, -0.1) is 0 Å². The molecule has 0 radical (unpaired) electrons. The maximum Gasteiger partial charge on any atom is 0.401 e. The molecule has 0 aliphatic carbocycles. The molecule has 0 atom stereocenters. The summed E-state index contributed by atoms with van der Waals surface area (Å²) in [6.45, 7) is 2.98. The molecule has 3 rings (SSSR count). The van der Waals surface area contributed by atoms with Crippen molar-refractivity contribution in [3.05, 3.63) is 10.6 Å². The molecule has 3 heterocycles. The molecule has 0 aromatic carbocycles. The van der Waals surface area contributed by atoms with Crippen LogP contribution in [0.4, 0.5) is 13.2 Å². The van der Waals surface area contributed by atoms with Crippen LogP contribution >= 0.6 is 11.3 Å². The van der Waals surface area contributed by atoms with Crippen LogP contribution in [0.15, 0.2) is 0 Å². The van der Waals surface area contributed by atoms with Crippen LogP contribution < -0.4 is 4.74 Å². The fraction of sp³-hybridized carbons (Fsp3) is 0.750. The van der Waals surface area contributed by atoms with Gasteiger partial charge < -0.3 is 9.64 Å². The van der Waals surface area contributed by atoms with Crippen LogP contribution in [0, 0.1) is 0 Å². The fourth-order valence-electron chi connectivity index (χ4n) is 3.24. The third kappa shape index (κ3) is 4.84. The smallest absolute Gasteiger partial charge is 0.401 e. The molecule has 25 heavy (non-hydrogen) atoms. The van der Waals surface area contributed by atoms with Crippen molar-refractivity contribution in [1.29, 1.82) is 0 Å². The number of nitrogens with zero attached hydrogens (tertiary/aromatic N) is 3. The zero-order valence-electron chi connectivity index (χ0n) is 14.1. The minimum atomic E-state index is -4.15. The summed E-state index contributed by atoms with van der Waals surface area (Å²) in [5, 5.41) is 0.574. The Morgan fingerprint density at radius 1 is 1.32 bits per heavy atom. The highest BCUT2D eigenvalue weighted by Crippen LogP contribution is 2.32. The molecule has 0 unspecified atom stereocenters. The van der Waals surface area contributed by atoms with E-state index in [1.807, 2.05) is 11.8 Å². The minimum absolute atomic E-state index is 0.0922. The average molecular weight is 377 g/mol. The molecule has 0 N–H and O–H groups in total. The van der Waals surface area contributed by atoms with Gasteiger partial charge in [0.15, 0.2) is 0 Å². The van der Waals surface area contributed by atoms with Crippen LogP contribution in [0.3, 0.4) is 0 Å². The SMILES string of the molecule is CCC(=O)N1CCc2sc(OC3CCN(CC(F)(F)F)CC3)nc2C1. The lowest BCUT2D eigenvalue weighted by Gasteiger charge is -2.31. The van der Waals surface area contributed by atoms with E-state index in [4.69, 9.17) is 4.74 Å². The van der Waals surface area contributed by atoms with E-state index in [9.17, 15) is 18.0 Å². The Morgan fingerprint density at radius 3 is 2.68 bits per heavy atom. The van der Waals surface area contributed by atoms with Crippen LogP contribution in [0.25, 0.3) is 0 Å². The first-order valence-corrected chi connectivity index (χ1v) is 9.38. The van der Waals surface area contributed by atoms with E-state index in [0.29, 0.717) is 50.6 Å². The molecule has 0 spiro atoms. The molecule has 0 saturated carbocycles. The molecule has 2 aliphatic heterocycles. The van der Waals surface area contributed by atoms with Gasteiger partial charge in [-0.3, -0.25) is 9.69 Å². The van der Waals surface area contributed by atoms with Crippen molar-refractivity contribution >= 4 is 17.2 Å². The number of carbonyl (C=O) groups is 1. The Morgan fingerprint density at radius 2 is 2.04 bits per heavy atom. The number of hydrogen-bond acceptors (Lipinski definition) is 5. The molecule has 1 aromatic rings. The van der Waals surface area contributed by atoms with E-state index in [1.54, 1.807) is 0 Å². The van der Waals surface area contributed by atoms with Gasteiger partial charge in [0.1, 0.15) is 6.10 Å². The summed E-state index contributed by atoms with van der Waals surface area (Å²) in [6, 6.07) is 0. The number of ether oxygens (including phenoxy) is 1. The maximum absolute atomic E-state index is 12.4. The van der Waals surface area contributed by atoms with E-state index in [1.165, 1.54) is 16.2 Å². The van der Waals surface area contributed by atoms with Gasteiger partial charge in [-0.2, -0.15) is 13.2 Å². The summed E-state index contributed by atoms with van der Waals surface area (Å²) in [7, 11) is 0. The van der Waals surface area contributed by atoms with Crippen LogP contribution in [0.2, 0.25) is 0 Å². The van der Waals surface area contributed by atoms with Crippen molar-refractivity contribution in [2.45, 2.75) is 51.4 Å². The number of thiazole rings is 1. The van der Waals surface area contributed by atoms with Crippen molar-refractivity contribution in [3.8, 4) is 5.19 Å². The lowest BCUT2D eigenvalue weighted by Crippen LogP contribution is -2.42. The molecule has 2 aliphatic rings. The molecule has 1 saturated heterocycles. The predicted octanol–water partition coefficient (Wildman–Crippen LogP) is 2.84. The summed E-state index contributed by atoms with van der Waals surface area (Å²) in [5.41, 5.74) is 0.891. The van der Waals surface area contributed by atoms with E-state index in [0.717, 1.165) is 17.0 Å². The molecule has 140 valence electrons. The monoisotopic (exact) mass is 377 g/mol.